The first-order valence-corrected chi connectivity index (χ1v) is 9.33. The highest BCUT2D eigenvalue weighted by Gasteiger charge is 2.22. The van der Waals surface area contributed by atoms with Gasteiger partial charge in [0.05, 0.1) is 5.60 Å². The van der Waals surface area contributed by atoms with Gasteiger partial charge in [-0.15, -0.1) is 0 Å². The predicted molar refractivity (Wildman–Crippen MR) is 106 cm³/mol. The Kier molecular flexibility index (Phi) is 7.45. The number of amides is 1. The lowest BCUT2D eigenvalue weighted by molar-refractivity contribution is -0.119. The Morgan fingerprint density at radius 2 is 2.00 bits per heavy atom. The van der Waals surface area contributed by atoms with Gasteiger partial charge in [0.2, 0.25) is 5.91 Å². The second kappa shape index (κ2) is 9.57. The van der Waals surface area contributed by atoms with E-state index in [-0.39, 0.29) is 17.4 Å². The van der Waals surface area contributed by atoms with Crippen LogP contribution in [0.1, 0.15) is 45.1 Å². The molecule has 1 saturated carbocycles. The summed E-state index contributed by atoms with van der Waals surface area (Å²) in [5.74, 6) is 1.03. The number of methoxy groups -OCH3 is 1. The minimum atomic E-state index is -0.262. The smallest absolute Gasteiger partial charge is 0.227 e. The predicted octanol–water partition coefficient (Wildman–Crippen LogP) is 2.91. The first kappa shape index (κ1) is 20.2. The molecule has 144 valence electrons. The highest BCUT2D eigenvalue weighted by Crippen LogP contribution is 2.26. The summed E-state index contributed by atoms with van der Waals surface area (Å²) in [6.45, 7) is 5.31. The van der Waals surface area contributed by atoms with Crippen LogP contribution < -0.4 is 16.0 Å². The second-order valence-electron chi connectivity index (χ2n) is 7.41. The molecule has 0 saturated heterocycles. The molecule has 6 nitrogen and oxygen atoms in total. The van der Waals surface area contributed by atoms with Crippen molar-refractivity contribution >= 4 is 17.6 Å². The zero-order valence-corrected chi connectivity index (χ0v) is 16.4. The van der Waals surface area contributed by atoms with Crippen LogP contribution in [0.2, 0.25) is 0 Å². The van der Waals surface area contributed by atoms with Gasteiger partial charge < -0.3 is 20.7 Å². The SMILES string of the molecule is CN=C(NCc1cccc(NC(=O)C2CCCC2)c1)NCC(C)(C)OC. The number of aliphatic imine (C=N–C) groups is 1. The van der Waals surface area contributed by atoms with Gasteiger partial charge >= 0.3 is 0 Å². The quantitative estimate of drug-likeness (QED) is 0.516. The molecule has 0 radical (unpaired) electrons. The molecule has 1 aromatic rings. The van der Waals surface area contributed by atoms with Crippen LogP contribution in [0.4, 0.5) is 5.69 Å². The molecule has 1 aliphatic carbocycles. The first-order chi connectivity index (χ1) is 12.4. The summed E-state index contributed by atoms with van der Waals surface area (Å²) in [5, 5.41) is 9.60. The van der Waals surface area contributed by atoms with Crippen molar-refractivity contribution in [2.45, 2.75) is 51.7 Å². The van der Waals surface area contributed by atoms with Gasteiger partial charge in [-0.3, -0.25) is 9.79 Å². The van der Waals surface area contributed by atoms with E-state index in [1.165, 1.54) is 0 Å². The molecular weight excluding hydrogens is 328 g/mol. The van der Waals surface area contributed by atoms with Crippen LogP contribution in [0.3, 0.4) is 0 Å². The van der Waals surface area contributed by atoms with Crippen LogP contribution in [-0.2, 0) is 16.1 Å². The van der Waals surface area contributed by atoms with E-state index in [9.17, 15) is 4.79 Å². The van der Waals surface area contributed by atoms with Crippen molar-refractivity contribution in [2.24, 2.45) is 10.9 Å². The third-order valence-electron chi connectivity index (χ3n) is 4.84. The molecule has 0 aromatic heterocycles. The number of hydrogen-bond acceptors (Lipinski definition) is 3. The van der Waals surface area contributed by atoms with E-state index in [0.717, 1.165) is 42.9 Å². The Hall–Kier alpha value is -2.08. The number of nitrogens with zero attached hydrogens (tertiary/aromatic N) is 1. The normalized spacial score (nSPS) is 15.8. The fourth-order valence-corrected chi connectivity index (χ4v) is 2.97. The Morgan fingerprint density at radius 3 is 2.65 bits per heavy atom. The van der Waals surface area contributed by atoms with Gasteiger partial charge in [0.1, 0.15) is 0 Å². The lowest BCUT2D eigenvalue weighted by atomic mass is 10.1. The average molecular weight is 361 g/mol. The minimum Gasteiger partial charge on any atom is -0.377 e. The molecule has 0 spiro atoms. The molecule has 6 heteroatoms. The van der Waals surface area contributed by atoms with Gasteiger partial charge in [0, 0.05) is 38.9 Å². The van der Waals surface area contributed by atoms with Crippen LogP contribution in [0, 0.1) is 5.92 Å². The molecule has 1 fully saturated rings. The van der Waals surface area contributed by atoms with E-state index in [0.29, 0.717) is 13.1 Å². The van der Waals surface area contributed by atoms with Crippen molar-refractivity contribution in [2.75, 3.05) is 26.0 Å². The van der Waals surface area contributed by atoms with E-state index in [2.05, 4.69) is 20.9 Å². The van der Waals surface area contributed by atoms with Gasteiger partial charge in [0.25, 0.3) is 0 Å². The number of benzene rings is 1. The van der Waals surface area contributed by atoms with E-state index >= 15 is 0 Å². The highest BCUT2D eigenvalue weighted by molar-refractivity contribution is 5.92. The number of ether oxygens (including phenoxy) is 1. The van der Waals surface area contributed by atoms with Crippen molar-refractivity contribution in [3.05, 3.63) is 29.8 Å². The maximum absolute atomic E-state index is 12.3. The lowest BCUT2D eigenvalue weighted by Gasteiger charge is -2.24. The zero-order valence-electron chi connectivity index (χ0n) is 16.4. The molecule has 0 unspecified atom stereocenters. The van der Waals surface area contributed by atoms with Crippen molar-refractivity contribution in [3.8, 4) is 0 Å². The van der Waals surface area contributed by atoms with Crippen molar-refractivity contribution < 1.29 is 9.53 Å². The maximum Gasteiger partial charge on any atom is 0.227 e. The van der Waals surface area contributed by atoms with E-state index in [4.69, 9.17) is 4.74 Å². The number of carbonyl (C=O) groups excluding carboxylic acids is 1. The van der Waals surface area contributed by atoms with Crippen LogP contribution in [0.25, 0.3) is 0 Å². The third kappa shape index (κ3) is 6.33. The molecule has 1 aliphatic rings. The topological polar surface area (TPSA) is 74.8 Å². The summed E-state index contributed by atoms with van der Waals surface area (Å²) in [5.41, 5.74) is 1.68. The number of rotatable bonds is 7. The fourth-order valence-electron chi connectivity index (χ4n) is 2.97. The minimum absolute atomic E-state index is 0.145. The van der Waals surface area contributed by atoms with Crippen LogP contribution >= 0.6 is 0 Å². The summed E-state index contributed by atoms with van der Waals surface area (Å²) in [4.78, 5) is 16.5. The Labute approximate surface area is 156 Å². The second-order valence-corrected chi connectivity index (χ2v) is 7.41. The molecule has 0 atom stereocenters. The van der Waals surface area contributed by atoms with Crippen molar-refractivity contribution in [3.63, 3.8) is 0 Å². The lowest BCUT2D eigenvalue weighted by Crippen LogP contribution is -2.45. The van der Waals surface area contributed by atoms with E-state index in [1.807, 2.05) is 38.1 Å². The number of carbonyl (C=O) groups is 1. The Bertz CT molecular complexity index is 622. The highest BCUT2D eigenvalue weighted by atomic mass is 16.5. The van der Waals surface area contributed by atoms with Gasteiger partial charge in [-0.1, -0.05) is 25.0 Å². The first-order valence-electron chi connectivity index (χ1n) is 9.33. The van der Waals surface area contributed by atoms with Crippen molar-refractivity contribution in [1.29, 1.82) is 0 Å². The molecule has 1 aromatic carbocycles. The number of anilines is 1. The summed E-state index contributed by atoms with van der Waals surface area (Å²) >= 11 is 0. The number of hydrogen-bond donors (Lipinski definition) is 3. The van der Waals surface area contributed by atoms with E-state index < -0.39 is 0 Å². The molecule has 0 aliphatic heterocycles. The molecule has 0 heterocycles. The zero-order chi connectivity index (χ0) is 19.0. The summed E-state index contributed by atoms with van der Waals surface area (Å²) in [6, 6.07) is 7.94. The van der Waals surface area contributed by atoms with Gasteiger partial charge in [-0.25, -0.2) is 0 Å². The van der Waals surface area contributed by atoms with Gasteiger partial charge in [-0.2, -0.15) is 0 Å². The summed E-state index contributed by atoms with van der Waals surface area (Å²) in [7, 11) is 3.44. The van der Waals surface area contributed by atoms with E-state index in [1.54, 1.807) is 14.2 Å². The average Bonchev–Trinajstić information content (AvgIpc) is 3.17. The third-order valence-corrected chi connectivity index (χ3v) is 4.84. The Morgan fingerprint density at radius 1 is 1.27 bits per heavy atom. The molecule has 26 heavy (non-hydrogen) atoms. The van der Waals surface area contributed by atoms with Crippen LogP contribution in [0.5, 0.6) is 0 Å². The van der Waals surface area contributed by atoms with Crippen LogP contribution in [-0.4, -0.2) is 38.2 Å². The fraction of sp³-hybridized carbons (Fsp3) is 0.600. The molecule has 0 bridgehead atoms. The molecule has 2 rings (SSSR count). The molecular formula is C20H32N4O2. The van der Waals surface area contributed by atoms with Crippen molar-refractivity contribution in [1.82, 2.24) is 10.6 Å². The number of guanidine groups is 1. The molecule has 1 amide bonds. The summed E-state index contributed by atoms with van der Waals surface area (Å²) in [6.07, 6.45) is 4.34. The van der Waals surface area contributed by atoms with Gasteiger partial charge in [0.15, 0.2) is 5.96 Å². The number of nitrogens with one attached hydrogen (secondary N) is 3. The largest absolute Gasteiger partial charge is 0.377 e. The molecule has 3 N–H and O–H groups in total. The maximum atomic E-state index is 12.3. The Balaban J connectivity index is 1.86. The monoisotopic (exact) mass is 360 g/mol. The van der Waals surface area contributed by atoms with Crippen LogP contribution in [0.15, 0.2) is 29.3 Å². The standard InChI is InChI=1S/C20H32N4O2/c1-20(2,26-4)14-23-19(21-3)22-13-15-8-7-11-17(12-15)24-18(25)16-9-5-6-10-16/h7-8,11-12,16H,5-6,9-10,13-14H2,1-4H3,(H,24,25)(H2,21,22,23). The van der Waals surface area contributed by atoms with Gasteiger partial charge in [-0.05, 0) is 44.4 Å². The summed E-state index contributed by atoms with van der Waals surface area (Å²) < 4.78 is 5.40.